The van der Waals surface area contributed by atoms with Gasteiger partial charge < -0.3 is 84.3 Å². The van der Waals surface area contributed by atoms with Crippen LogP contribution in [0.1, 0.15) is 0 Å². The maximum atomic E-state index is 11.2. The Kier molecular flexibility index (Phi) is 11.8. The van der Waals surface area contributed by atoms with Crippen LogP contribution in [0.25, 0.3) is 21.9 Å². The predicted octanol–water partition coefficient (Wildman–Crippen LogP) is -3.47. The lowest BCUT2D eigenvalue weighted by atomic mass is 9.99. The summed E-state index contributed by atoms with van der Waals surface area (Å²) in [5.74, 6) is -0.955. The Hall–Kier alpha value is -4.38. The van der Waals surface area contributed by atoms with Gasteiger partial charge in [-0.2, -0.15) is 0 Å². The first-order valence-corrected chi connectivity index (χ1v) is 14.3. The quantitative estimate of drug-likeness (QED) is 0.0874. The molecule has 10 atom stereocenters. The van der Waals surface area contributed by atoms with E-state index < -0.39 is 85.9 Å². The molecule has 4 aromatic rings. The minimum atomic E-state index is -1.60. The molecule has 0 aliphatic carbocycles. The summed E-state index contributed by atoms with van der Waals surface area (Å²) in [6.07, 6.45) is -14.5. The third-order valence-corrected chi connectivity index (χ3v) is 7.58. The lowest BCUT2D eigenvalue weighted by Crippen LogP contribution is -2.60. The van der Waals surface area contributed by atoms with Crippen LogP contribution < -0.4 is 20.7 Å². The van der Waals surface area contributed by atoms with E-state index in [9.17, 15) is 50.4 Å². The van der Waals surface area contributed by atoms with Gasteiger partial charge in [0.1, 0.15) is 60.0 Å². The number of aromatic hydroxyl groups is 2. The van der Waals surface area contributed by atoms with Gasteiger partial charge >= 0.3 is 11.3 Å². The lowest BCUT2D eigenvalue weighted by molar-refractivity contribution is -0.277. The van der Waals surface area contributed by atoms with Gasteiger partial charge in [-0.25, -0.2) is 9.59 Å². The molecule has 0 bridgehead atoms. The van der Waals surface area contributed by atoms with Crippen LogP contribution in [-0.2, 0) is 9.47 Å². The van der Waals surface area contributed by atoms with Crippen LogP contribution in [0.3, 0.4) is 0 Å². The van der Waals surface area contributed by atoms with E-state index >= 15 is 0 Å². The molecule has 2 aliphatic rings. The Morgan fingerprint density at radius 3 is 1.27 bits per heavy atom. The number of hydrogen-bond acceptors (Lipinski definition) is 18. The molecule has 0 unspecified atom stereocenters. The van der Waals surface area contributed by atoms with E-state index in [2.05, 4.69) is 0 Å². The third-order valence-electron chi connectivity index (χ3n) is 7.58. The summed E-state index contributed by atoms with van der Waals surface area (Å²) in [4.78, 5) is 22.3. The molecule has 49 heavy (non-hydrogen) atoms. The highest BCUT2D eigenvalue weighted by molar-refractivity contribution is 5.81. The molecule has 2 aromatic heterocycles. The molecule has 4 heterocycles. The second-order valence-electron chi connectivity index (χ2n) is 10.9. The van der Waals surface area contributed by atoms with Crippen molar-refractivity contribution >= 4 is 21.9 Å². The molecule has 19 nitrogen and oxygen atoms in total. The maximum Gasteiger partial charge on any atom is 0.336 e. The second kappa shape index (κ2) is 15.4. The first-order chi connectivity index (χ1) is 22.8. The van der Waals surface area contributed by atoms with Gasteiger partial charge in [0.15, 0.2) is 23.0 Å². The summed E-state index contributed by atoms with van der Waals surface area (Å²) in [6, 6.07) is 10.3. The number of rotatable bonds is 6. The second-order valence-corrected chi connectivity index (χ2v) is 10.9. The summed E-state index contributed by atoms with van der Waals surface area (Å²) < 4.78 is 31.0. The minimum Gasteiger partial charge on any atom is -0.504 e. The Labute approximate surface area is 273 Å². The monoisotopic (exact) mass is 698 g/mol. The Balaban J connectivity index is 0.000000216. The smallest absolute Gasteiger partial charge is 0.336 e. The number of phenols is 2. The van der Waals surface area contributed by atoms with Crippen molar-refractivity contribution < 1.29 is 84.3 Å². The molecular formula is C30H34O19. The topological polar surface area (TPSA) is 331 Å². The van der Waals surface area contributed by atoms with Crippen molar-refractivity contribution in [1.29, 1.82) is 0 Å². The zero-order chi connectivity index (χ0) is 34.9. The number of phenolic OH excluding ortho intramolecular Hbond substituents is 2. The zero-order valence-electron chi connectivity index (χ0n) is 25.0. The van der Waals surface area contributed by atoms with E-state index in [-0.39, 0.29) is 39.6 Å². The average molecular weight is 699 g/mol. The molecule has 6 rings (SSSR count). The maximum absolute atomic E-state index is 11.2. The van der Waals surface area contributed by atoms with E-state index in [1.54, 1.807) is 0 Å². The van der Waals surface area contributed by atoms with Gasteiger partial charge in [0.2, 0.25) is 12.6 Å². The molecule has 0 spiro atoms. The third kappa shape index (κ3) is 7.93. The van der Waals surface area contributed by atoms with Gasteiger partial charge in [-0.3, -0.25) is 0 Å². The minimum absolute atomic E-state index is 0. The number of hydrogen-bond donors (Lipinski definition) is 10. The van der Waals surface area contributed by atoms with Crippen LogP contribution in [0, 0.1) is 0 Å². The molecule has 2 saturated heterocycles. The van der Waals surface area contributed by atoms with E-state index in [4.69, 9.17) is 38.0 Å². The van der Waals surface area contributed by atoms with Gasteiger partial charge in [-0.15, -0.1) is 0 Å². The van der Waals surface area contributed by atoms with Crippen molar-refractivity contribution in [2.24, 2.45) is 0 Å². The summed E-state index contributed by atoms with van der Waals surface area (Å²) in [7, 11) is 0. The van der Waals surface area contributed by atoms with Gasteiger partial charge in [-0.05, 0) is 24.3 Å². The van der Waals surface area contributed by atoms with Crippen molar-refractivity contribution in [3.63, 3.8) is 0 Å². The first-order valence-electron chi connectivity index (χ1n) is 14.3. The highest BCUT2D eigenvalue weighted by Crippen LogP contribution is 2.35. The van der Waals surface area contributed by atoms with Crippen LogP contribution in [0.2, 0.25) is 0 Å². The Morgan fingerprint density at radius 2 is 0.918 bits per heavy atom. The molecule has 19 heteroatoms. The largest absolute Gasteiger partial charge is 0.504 e. The highest BCUT2D eigenvalue weighted by Gasteiger charge is 2.46. The molecule has 2 fully saturated rings. The molecule has 12 N–H and O–H groups in total. The summed E-state index contributed by atoms with van der Waals surface area (Å²) in [5, 5.41) is 97.9. The Bertz CT molecular complexity index is 1700. The number of ether oxygens (including phenoxy) is 4. The van der Waals surface area contributed by atoms with Crippen molar-refractivity contribution in [2.75, 3.05) is 13.2 Å². The summed E-state index contributed by atoms with van der Waals surface area (Å²) in [5.41, 5.74) is -0.878. The SMILES string of the molecule is O.O=c1ccc2cc(O[C@@H]3O[C@H](CO)[C@@H](O)[C@H](O)[C@H]3O)c(O)cc2o1.O=c1ccc2cc(O[C@@H]3O[C@H](CO)[C@@H](O)[C@H](O)[C@H]3O)c(O)cc2o1. The van der Waals surface area contributed by atoms with E-state index in [0.29, 0.717) is 10.8 Å². The fourth-order valence-electron chi connectivity index (χ4n) is 4.94. The first kappa shape index (κ1) is 37.4. The van der Waals surface area contributed by atoms with Crippen LogP contribution in [0.4, 0.5) is 0 Å². The standard InChI is InChI=1S/2C15H16O9.H2O/c2*16-5-10-12(19)13(20)14(21)15(24-10)23-9-3-6-1-2-11(18)22-8(6)4-7(9)17;/h2*1-4,10,12-17,19-21H,5H2;1H2/t2*10-,12-,13+,14-,15-;/m11./s1. The summed E-state index contributed by atoms with van der Waals surface area (Å²) >= 11 is 0. The molecule has 2 aliphatic heterocycles. The molecule has 268 valence electrons. The predicted molar refractivity (Wildman–Crippen MR) is 161 cm³/mol. The number of fused-ring (bicyclic) bond motifs is 2. The molecule has 0 saturated carbocycles. The average Bonchev–Trinajstić information content (AvgIpc) is 3.06. The Morgan fingerprint density at radius 1 is 0.551 bits per heavy atom. The fraction of sp³-hybridized carbons (Fsp3) is 0.400. The molecule has 0 radical (unpaired) electrons. The highest BCUT2D eigenvalue weighted by atomic mass is 16.7. The zero-order valence-corrected chi connectivity index (χ0v) is 25.0. The fourth-order valence-corrected chi connectivity index (χ4v) is 4.94. The van der Waals surface area contributed by atoms with Crippen LogP contribution >= 0.6 is 0 Å². The van der Waals surface area contributed by atoms with Gasteiger partial charge in [-0.1, -0.05) is 0 Å². The van der Waals surface area contributed by atoms with Crippen LogP contribution in [0.5, 0.6) is 23.0 Å². The van der Waals surface area contributed by atoms with Crippen LogP contribution in [0.15, 0.2) is 67.0 Å². The van der Waals surface area contributed by atoms with Gasteiger partial charge in [0.25, 0.3) is 0 Å². The van der Waals surface area contributed by atoms with Gasteiger partial charge in [0, 0.05) is 35.0 Å². The van der Waals surface area contributed by atoms with Crippen molar-refractivity contribution in [3.05, 3.63) is 69.4 Å². The normalized spacial score (nSPS) is 29.8. The van der Waals surface area contributed by atoms with Crippen molar-refractivity contribution in [2.45, 2.75) is 61.4 Å². The number of aliphatic hydroxyl groups is 8. The number of benzene rings is 2. The summed E-state index contributed by atoms with van der Waals surface area (Å²) in [6.45, 7) is -1.20. The molecular weight excluding hydrogens is 664 g/mol. The van der Waals surface area contributed by atoms with Crippen molar-refractivity contribution in [3.8, 4) is 23.0 Å². The van der Waals surface area contributed by atoms with E-state index in [1.807, 2.05) is 0 Å². The van der Waals surface area contributed by atoms with Crippen molar-refractivity contribution in [1.82, 2.24) is 0 Å². The number of aliphatic hydroxyl groups excluding tert-OH is 8. The van der Waals surface area contributed by atoms with E-state index in [0.717, 1.165) is 12.1 Å². The molecule has 0 amide bonds. The van der Waals surface area contributed by atoms with Crippen LogP contribution in [-0.4, -0.2) is 131 Å². The van der Waals surface area contributed by atoms with E-state index in [1.165, 1.54) is 36.4 Å². The van der Waals surface area contributed by atoms with Gasteiger partial charge in [0.05, 0.1) is 13.2 Å². The lowest BCUT2D eigenvalue weighted by Gasteiger charge is -2.39. The molecule has 2 aromatic carbocycles.